The van der Waals surface area contributed by atoms with Crippen LogP contribution in [0.15, 0.2) is 85.2 Å². The van der Waals surface area contributed by atoms with Gasteiger partial charge in [0.1, 0.15) is 5.75 Å². The van der Waals surface area contributed by atoms with E-state index in [-0.39, 0.29) is 11.9 Å². The van der Waals surface area contributed by atoms with E-state index in [1.807, 2.05) is 12.1 Å². The Labute approximate surface area is 246 Å². The lowest BCUT2D eigenvalue weighted by molar-refractivity contribution is -0.159. The number of rotatable bonds is 11. The van der Waals surface area contributed by atoms with Gasteiger partial charge in [0, 0.05) is 51.2 Å². The fourth-order valence-electron chi connectivity index (χ4n) is 4.66. The molecule has 222 valence electrons. The molecule has 2 aromatic carbocycles. The molecule has 1 saturated heterocycles. The molecule has 0 aliphatic carbocycles. The predicted octanol–water partition coefficient (Wildman–Crippen LogP) is 3.56. The Morgan fingerprint density at radius 2 is 1.57 bits per heavy atom. The molecule has 10 heteroatoms. The minimum Gasteiger partial charge on any atom is -0.497 e. The number of piperazine rings is 1. The van der Waals surface area contributed by atoms with Gasteiger partial charge in [-0.2, -0.15) is 0 Å². The first-order chi connectivity index (χ1) is 20.4. The molecule has 3 N–H and O–H groups in total. The van der Waals surface area contributed by atoms with Gasteiger partial charge in [-0.25, -0.2) is 9.59 Å². The van der Waals surface area contributed by atoms with Crippen molar-refractivity contribution in [2.75, 3.05) is 46.4 Å². The Bertz CT molecular complexity index is 1270. The van der Waals surface area contributed by atoms with Gasteiger partial charge in [-0.1, -0.05) is 48.5 Å². The van der Waals surface area contributed by atoms with Crippen molar-refractivity contribution in [2.45, 2.75) is 18.9 Å². The maximum Gasteiger partial charge on any atom is 0.414 e. The number of amides is 1. The number of aliphatic carboxylic acids is 2. The number of carboxylic acid groups (broad SMARTS) is 2. The number of aromatic nitrogens is 1. The van der Waals surface area contributed by atoms with Crippen LogP contribution >= 0.6 is 0 Å². The summed E-state index contributed by atoms with van der Waals surface area (Å²) in [6, 6.07) is 23.3. The fourth-order valence-corrected chi connectivity index (χ4v) is 4.66. The van der Waals surface area contributed by atoms with Crippen LogP contribution in [0.25, 0.3) is 6.08 Å². The number of unbranched alkanes of at least 4 members (excludes halogenated alkanes) is 1. The molecule has 42 heavy (non-hydrogen) atoms. The topological polar surface area (TPSA) is 132 Å². The summed E-state index contributed by atoms with van der Waals surface area (Å²) < 4.78 is 5.36. The second-order valence-electron chi connectivity index (χ2n) is 9.69. The molecule has 1 aromatic heterocycles. The number of carboxylic acids is 2. The normalized spacial score (nSPS) is 14.4. The molecule has 1 fully saturated rings. The van der Waals surface area contributed by atoms with Crippen LogP contribution in [0, 0.1) is 0 Å². The third kappa shape index (κ3) is 10.8. The molecule has 0 radical (unpaired) electrons. The first kappa shape index (κ1) is 32.0. The van der Waals surface area contributed by atoms with Crippen molar-refractivity contribution < 1.29 is 29.3 Å². The molecule has 3 aromatic rings. The number of benzene rings is 2. The van der Waals surface area contributed by atoms with Crippen LogP contribution in [0.1, 0.15) is 35.6 Å². The molecule has 1 amide bonds. The molecule has 4 rings (SSSR count). The van der Waals surface area contributed by atoms with Crippen LogP contribution < -0.4 is 10.1 Å². The second kappa shape index (κ2) is 17.3. The largest absolute Gasteiger partial charge is 0.497 e. The van der Waals surface area contributed by atoms with E-state index in [2.05, 4.69) is 74.7 Å². The zero-order valence-corrected chi connectivity index (χ0v) is 23.8. The molecule has 1 atom stereocenters. The van der Waals surface area contributed by atoms with Gasteiger partial charge < -0.3 is 25.2 Å². The van der Waals surface area contributed by atoms with E-state index in [9.17, 15) is 4.79 Å². The molecule has 2 heterocycles. The Hall–Kier alpha value is -4.54. The molecular weight excluding hydrogens is 536 g/mol. The summed E-state index contributed by atoms with van der Waals surface area (Å²) in [5.74, 6) is -2.82. The zero-order chi connectivity index (χ0) is 30.2. The number of pyridine rings is 1. The van der Waals surface area contributed by atoms with Crippen molar-refractivity contribution in [3.63, 3.8) is 0 Å². The van der Waals surface area contributed by atoms with Gasteiger partial charge >= 0.3 is 11.9 Å². The summed E-state index contributed by atoms with van der Waals surface area (Å²) in [6.45, 7) is 5.93. The van der Waals surface area contributed by atoms with Gasteiger partial charge in [0.05, 0.1) is 13.2 Å². The maximum atomic E-state index is 12.0. The number of nitrogens with one attached hydrogen (secondary N) is 1. The number of carbonyl (C=O) groups excluding carboxylic acids is 1. The number of ether oxygens (including phenoxy) is 1. The Morgan fingerprint density at radius 3 is 2.17 bits per heavy atom. The van der Waals surface area contributed by atoms with Crippen molar-refractivity contribution in [1.29, 1.82) is 0 Å². The predicted molar refractivity (Wildman–Crippen MR) is 160 cm³/mol. The first-order valence-electron chi connectivity index (χ1n) is 13.8. The summed E-state index contributed by atoms with van der Waals surface area (Å²) in [4.78, 5) is 39.4. The molecule has 1 unspecified atom stereocenters. The van der Waals surface area contributed by atoms with Crippen LogP contribution in [-0.2, 0) is 14.4 Å². The Morgan fingerprint density at radius 1 is 0.905 bits per heavy atom. The standard InChI is InChI=1S/C30H36N4O2.C2H2O4/c1-36-28-14-12-27(13-15-28)30(26-9-3-2-4-10-26)34-22-20-33(21-23-34)19-6-5-18-32-29(35)16-11-25-8-7-17-31-24-25;3-1(4)2(5)6/h2-4,7-17,24,30H,5-6,18-23H2,1H3,(H,32,35);(H,3,4)(H,5,6)/b16-11+;. The zero-order valence-electron chi connectivity index (χ0n) is 23.8. The van der Waals surface area contributed by atoms with Crippen LogP contribution in [-0.4, -0.2) is 89.2 Å². The van der Waals surface area contributed by atoms with E-state index in [0.29, 0.717) is 6.54 Å². The van der Waals surface area contributed by atoms with Crippen molar-refractivity contribution in [2.24, 2.45) is 0 Å². The highest BCUT2D eigenvalue weighted by molar-refractivity contribution is 6.27. The molecule has 0 spiro atoms. The monoisotopic (exact) mass is 574 g/mol. The Kier molecular flexibility index (Phi) is 13.2. The molecule has 10 nitrogen and oxygen atoms in total. The summed E-state index contributed by atoms with van der Waals surface area (Å²) in [7, 11) is 1.71. The number of methoxy groups -OCH3 is 1. The fraction of sp³-hybridized carbons (Fsp3) is 0.312. The van der Waals surface area contributed by atoms with Crippen molar-refractivity contribution >= 4 is 23.9 Å². The summed E-state index contributed by atoms with van der Waals surface area (Å²) >= 11 is 0. The summed E-state index contributed by atoms with van der Waals surface area (Å²) in [5.41, 5.74) is 3.54. The van der Waals surface area contributed by atoms with Crippen LogP contribution in [0.3, 0.4) is 0 Å². The first-order valence-corrected chi connectivity index (χ1v) is 13.8. The lowest BCUT2D eigenvalue weighted by Gasteiger charge is -2.40. The number of carbonyl (C=O) groups is 3. The molecular formula is C32H38N4O6. The number of hydrogen-bond acceptors (Lipinski definition) is 7. The van der Waals surface area contributed by atoms with Crippen molar-refractivity contribution in [3.8, 4) is 5.75 Å². The molecule has 1 aliphatic rings. The van der Waals surface area contributed by atoms with Crippen LogP contribution in [0.5, 0.6) is 5.75 Å². The Balaban J connectivity index is 0.000000730. The van der Waals surface area contributed by atoms with Crippen molar-refractivity contribution in [3.05, 3.63) is 102 Å². The van der Waals surface area contributed by atoms with Gasteiger partial charge in [0.2, 0.25) is 5.91 Å². The molecule has 1 aliphatic heterocycles. The van der Waals surface area contributed by atoms with Gasteiger partial charge in [0.15, 0.2) is 0 Å². The van der Waals surface area contributed by atoms with Gasteiger partial charge in [-0.15, -0.1) is 0 Å². The highest BCUT2D eigenvalue weighted by Crippen LogP contribution is 2.30. The van der Waals surface area contributed by atoms with E-state index in [0.717, 1.165) is 56.9 Å². The van der Waals surface area contributed by atoms with Crippen molar-refractivity contribution in [1.82, 2.24) is 20.1 Å². The summed E-state index contributed by atoms with van der Waals surface area (Å²) in [5, 5.41) is 17.8. The quantitative estimate of drug-likeness (QED) is 0.179. The average Bonchev–Trinajstić information content (AvgIpc) is 3.02. The third-order valence-electron chi connectivity index (χ3n) is 6.81. The van der Waals surface area contributed by atoms with E-state index >= 15 is 0 Å². The highest BCUT2D eigenvalue weighted by atomic mass is 16.5. The minimum absolute atomic E-state index is 0.0575. The smallest absolute Gasteiger partial charge is 0.414 e. The van der Waals surface area contributed by atoms with Gasteiger partial charge in [0.25, 0.3) is 0 Å². The van der Waals surface area contributed by atoms with Crippen LogP contribution in [0.4, 0.5) is 0 Å². The number of nitrogens with zero attached hydrogens (tertiary/aromatic N) is 3. The van der Waals surface area contributed by atoms with Crippen LogP contribution in [0.2, 0.25) is 0 Å². The molecule has 0 bridgehead atoms. The van der Waals surface area contributed by atoms with Gasteiger partial charge in [-0.05, 0) is 60.4 Å². The highest BCUT2D eigenvalue weighted by Gasteiger charge is 2.26. The average molecular weight is 575 g/mol. The lowest BCUT2D eigenvalue weighted by Crippen LogP contribution is -2.48. The minimum atomic E-state index is -1.82. The SMILES string of the molecule is COc1ccc(C(c2ccccc2)N2CCN(CCCCNC(=O)/C=C/c3cccnc3)CC2)cc1.O=C(O)C(=O)O. The van der Waals surface area contributed by atoms with E-state index < -0.39 is 11.9 Å². The van der Waals surface area contributed by atoms with E-state index in [1.54, 1.807) is 31.7 Å². The number of hydrogen-bond donors (Lipinski definition) is 3. The van der Waals surface area contributed by atoms with E-state index in [1.165, 1.54) is 11.1 Å². The lowest BCUT2D eigenvalue weighted by atomic mass is 9.96. The second-order valence-corrected chi connectivity index (χ2v) is 9.69. The third-order valence-corrected chi connectivity index (χ3v) is 6.81. The summed E-state index contributed by atoms with van der Waals surface area (Å²) in [6.07, 6.45) is 8.87. The van der Waals surface area contributed by atoms with Gasteiger partial charge in [-0.3, -0.25) is 14.7 Å². The molecule has 0 saturated carbocycles. The van der Waals surface area contributed by atoms with E-state index in [4.69, 9.17) is 24.5 Å². The maximum absolute atomic E-state index is 12.0.